The van der Waals surface area contributed by atoms with Gasteiger partial charge in [0.2, 0.25) is 5.91 Å². The minimum atomic E-state index is -0.785. The summed E-state index contributed by atoms with van der Waals surface area (Å²) in [6.45, 7) is 0.366. The highest BCUT2D eigenvalue weighted by Gasteiger charge is 2.35. The third kappa shape index (κ3) is 7.22. The standard InChI is InChI=1S/C32H31FN4O6/c1-41-29-15-20-5-10-28(29)42-19-31(39)36-26-18-37(32(40)24-9-4-22(16-34)14-25(24)33)13-12-27(26)43-23-7-2-21(3-8-23)17-35-30(38)11-6-20/h2-5,7-10,14-15,26-27H,6,11-13,17-19H2,1H3,(H,35,38)(H,36,39)/t26-,27-/m1/s1. The molecule has 10 nitrogen and oxygen atoms in total. The molecule has 8 rings (SSSR count). The lowest BCUT2D eigenvalue weighted by atomic mass is 10.00. The fraction of sp³-hybridized carbons (Fsp3) is 0.312. The first-order chi connectivity index (χ1) is 20.8. The van der Waals surface area contributed by atoms with Gasteiger partial charge in [-0.15, -0.1) is 0 Å². The van der Waals surface area contributed by atoms with Gasteiger partial charge in [0.25, 0.3) is 11.8 Å². The van der Waals surface area contributed by atoms with Crippen LogP contribution in [0.4, 0.5) is 4.39 Å². The van der Waals surface area contributed by atoms with E-state index in [9.17, 15) is 18.8 Å². The Morgan fingerprint density at radius 2 is 1.84 bits per heavy atom. The van der Waals surface area contributed by atoms with Crippen LogP contribution in [-0.4, -0.2) is 61.6 Å². The van der Waals surface area contributed by atoms with Crippen molar-refractivity contribution < 1.29 is 33.0 Å². The van der Waals surface area contributed by atoms with Crippen LogP contribution in [0.1, 0.15) is 39.9 Å². The molecule has 2 N–H and O–H groups in total. The molecule has 1 saturated heterocycles. The minimum absolute atomic E-state index is 0.0663. The average molecular weight is 587 g/mol. The molecule has 5 aliphatic heterocycles. The van der Waals surface area contributed by atoms with Crippen molar-refractivity contribution in [2.24, 2.45) is 0 Å². The van der Waals surface area contributed by atoms with E-state index in [0.29, 0.717) is 43.1 Å². The molecular formula is C32H31FN4O6. The van der Waals surface area contributed by atoms with Crippen LogP contribution in [0.3, 0.4) is 0 Å². The molecule has 222 valence electrons. The van der Waals surface area contributed by atoms with Gasteiger partial charge in [-0.05, 0) is 60.0 Å². The molecular weight excluding hydrogens is 555 g/mol. The highest BCUT2D eigenvalue weighted by Crippen LogP contribution is 2.29. The van der Waals surface area contributed by atoms with Crippen molar-refractivity contribution in [2.75, 3.05) is 26.8 Å². The number of piperidine rings is 1. The van der Waals surface area contributed by atoms with Crippen LogP contribution in [0.15, 0.2) is 60.7 Å². The Hall–Kier alpha value is -5.11. The number of benzene rings is 3. The smallest absolute Gasteiger partial charge is 0.258 e. The number of hydrogen-bond donors (Lipinski definition) is 2. The van der Waals surface area contributed by atoms with Gasteiger partial charge in [-0.2, -0.15) is 5.26 Å². The first-order valence-corrected chi connectivity index (χ1v) is 13.9. The molecule has 1 fully saturated rings. The molecule has 3 aromatic rings. The predicted octanol–water partition coefficient (Wildman–Crippen LogP) is 3.13. The fourth-order valence-corrected chi connectivity index (χ4v) is 5.11. The van der Waals surface area contributed by atoms with Gasteiger partial charge in [-0.3, -0.25) is 14.4 Å². The number of nitrogens with zero attached hydrogens (tertiary/aromatic N) is 2. The number of rotatable bonds is 2. The van der Waals surface area contributed by atoms with Gasteiger partial charge in [0, 0.05) is 32.5 Å². The first kappa shape index (κ1) is 29.4. The summed E-state index contributed by atoms with van der Waals surface area (Å²) in [6.07, 6.45) is 0.666. The van der Waals surface area contributed by atoms with Crippen LogP contribution in [0.5, 0.6) is 17.2 Å². The Bertz CT molecular complexity index is 1550. The molecule has 0 saturated carbocycles. The van der Waals surface area contributed by atoms with Crippen LogP contribution in [0.25, 0.3) is 0 Å². The van der Waals surface area contributed by atoms with Crippen LogP contribution >= 0.6 is 0 Å². The number of carbonyl (C=O) groups is 3. The molecule has 2 atom stereocenters. The molecule has 5 aliphatic rings. The molecule has 0 radical (unpaired) electrons. The molecule has 3 aromatic carbocycles. The second-order valence-corrected chi connectivity index (χ2v) is 10.4. The lowest BCUT2D eigenvalue weighted by molar-refractivity contribution is -0.125. The summed E-state index contributed by atoms with van der Waals surface area (Å²) < 4.78 is 32.1. The van der Waals surface area contributed by atoms with E-state index in [1.54, 1.807) is 24.3 Å². The van der Waals surface area contributed by atoms with E-state index in [4.69, 9.17) is 19.5 Å². The first-order valence-electron chi connectivity index (χ1n) is 13.9. The van der Waals surface area contributed by atoms with Gasteiger partial charge >= 0.3 is 0 Å². The van der Waals surface area contributed by atoms with Gasteiger partial charge in [-0.25, -0.2) is 4.39 Å². The van der Waals surface area contributed by atoms with E-state index in [0.717, 1.165) is 17.2 Å². The summed E-state index contributed by atoms with van der Waals surface area (Å²) in [5.74, 6) is -0.502. The zero-order valence-corrected chi connectivity index (χ0v) is 23.6. The van der Waals surface area contributed by atoms with Crippen molar-refractivity contribution >= 4 is 17.7 Å². The van der Waals surface area contributed by atoms with Crippen molar-refractivity contribution in [1.82, 2.24) is 15.5 Å². The van der Waals surface area contributed by atoms with Crippen molar-refractivity contribution in [3.63, 3.8) is 0 Å². The summed E-state index contributed by atoms with van der Waals surface area (Å²) in [5, 5.41) is 14.9. The van der Waals surface area contributed by atoms with Crippen LogP contribution in [0.2, 0.25) is 0 Å². The van der Waals surface area contributed by atoms with Crippen LogP contribution in [0, 0.1) is 17.1 Å². The van der Waals surface area contributed by atoms with Gasteiger partial charge in [-0.1, -0.05) is 18.2 Å². The molecule has 0 unspecified atom stereocenters. The molecule has 5 heterocycles. The quantitative estimate of drug-likeness (QED) is 0.472. The number of methoxy groups -OCH3 is 1. The fourth-order valence-electron chi connectivity index (χ4n) is 5.11. The summed E-state index contributed by atoms with van der Waals surface area (Å²) in [4.78, 5) is 40.2. The van der Waals surface area contributed by atoms with E-state index in [2.05, 4.69) is 10.6 Å². The number of carbonyl (C=O) groups excluding carboxylic acids is 3. The molecule has 4 bridgehead atoms. The van der Waals surface area contributed by atoms with E-state index in [1.807, 2.05) is 24.3 Å². The van der Waals surface area contributed by atoms with Crippen molar-refractivity contribution in [1.29, 1.82) is 5.26 Å². The molecule has 0 aromatic heterocycles. The van der Waals surface area contributed by atoms with Gasteiger partial charge in [0.15, 0.2) is 18.1 Å². The number of likely N-dealkylation sites (tertiary alicyclic amines) is 1. The largest absolute Gasteiger partial charge is 0.493 e. The summed E-state index contributed by atoms with van der Waals surface area (Å²) >= 11 is 0. The normalized spacial score (nSPS) is 19.1. The highest BCUT2D eigenvalue weighted by atomic mass is 19.1. The second kappa shape index (κ2) is 13.2. The maximum atomic E-state index is 14.7. The molecule has 11 heteroatoms. The average Bonchev–Trinajstić information content (AvgIpc) is 3.02. The van der Waals surface area contributed by atoms with Crippen molar-refractivity contribution in [3.05, 3.63) is 88.7 Å². The number of nitriles is 1. The number of halogens is 1. The minimum Gasteiger partial charge on any atom is -0.493 e. The monoisotopic (exact) mass is 586 g/mol. The van der Waals surface area contributed by atoms with E-state index < -0.39 is 29.8 Å². The Morgan fingerprint density at radius 3 is 2.58 bits per heavy atom. The SMILES string of the molecule is COc1cc2ccc1OCC(=O)N[C@@H]1CN(C(=O)c3ccc(C#N)cc3F)CC[C@H]1Oc1ccc(cc1)CNC(=O)CC2. The van der Waals surface area contributed by atoms with E-state index in [-0.39, 0.29) is 36.7 Å². The Kier molecular flexibility index (Phi) is 9.05. The third-order valence-corrected chi connectivity index (χ3v) is 7.44. The van der Waals surface area contributed by atoms with Gasteiger partial charge in [0.05, 0.1) is 30.3 Å². The maximum Gasteiger partial charge on any atom is 0.258 e. The number of amides is 3. The Morgan fingerprint density at radius 1 is 1.05 bits per heavy atom. The van der Waals surface area contributed by atoms with Crippen molar-refractivity contribution in [3.8, 4) is 23.3 Å². The number of hydrogen-bond acceptors (Lipinski definition) is 7. The van der Waals surface area contributed by atoms with Crippen LogP contribution in [-0.2, 0) is 22.6 Å². The Labute approximate surface area is 248 Å². The second-order valence-electron chi connectivity index (χ2n) is 10.4. The summed E-state index contributed by atoms with van der Waals surface area (Å²) in [6, 6.07) is 17.5. The molecule has 0 aliphatic carbocycles. The van der Waals surface area contributed by atoms with Crippen LogP contribution < -0.4 is 24.8 Å². The lowest BCUT2D eigenvalue weighted by Crippen LogP contribution is -2.58. The molecule has 0 spiro atoms. The highest BCUT2D eigenvalue weighted by molar-refractivity contribution is 5.94. The van der Waals surface area contributed by atoms with E-state index in [1.165, 1.54) is 24.1 Å². The third-order valence-electron chi connectivity index (χ3n) is 7.44. The molecule has 3 amide bonds. The Balaban J connectivity index is 1.38. The zero-order chi connectivity index (χ0) is 30.3. The zero-order valence-electron chi connectivity index (χ0n) is 23.6. The maximum absolute atomic E-state index is 14.7. The summed E-state index contributed by atoms with van der Waals surface area (Å²) in [5.41, 5.74) is 1.74. The predicted molar refractivity (Wildman–Crippen MR) is 153 cm³/mol. The number of nitrogens with one attached hydrogen (secondary N) is 2. The topological polar surface area (TPSA) is 130 Å². The molecule has 43 heavy (non-hydrogen) atoms. The van der Waals surface area contributed by atoms with E-state index >= 15 is 0 Å². The van der Waals surface area contributed by atoms with Gasteiger partial charge in [0.1, 0.15) is 17.7 Å². The van der Waals surface area contributed by atoms with Gasteiger partial charge < -0.3 is 29.7 Å². The van der Waals surface area contributed by atoms with Crippen molar-refractivity contribution in [2.45, 2.75) is 38.0 Å². The number of ether oxygens (including phenoxy) is 3. The lowest BCUT2D eigenvalue weighted by Gasteiger charge is -2.39. The number of aryl methyl sites for hydroxylation is 1. The summed E-state index contributed by atoms with van der Waals surface area (Å²) in [7, 11) is 1.49.